The van der Waals surface area contributed by atoms with Crippen molar-refractivity contribution in [1.29, 1.82) is 0 Å². The number of nitrogens with zero attached hydrogens (tertiary/aromatic N) is 2. The minimum Gasteiger partial charge on any atom is -0.463 e. The zero-order chi connectivity index (χ0) is 23.2. The number of allylic oxidation sites excluding steroid dienone is 3. The number of fused-ring (bicyclic) bond motifs is 1. The van der Waals surface area contributed by atoms with E-state index in [0.29, 0.717) is 20.6 Å². The van der Waals surface area contributed by atoms with Crippen LogP contribution in [-0.4, -0.2) is 17.1 Å². The van der Waals surface area contributed by atoms with Gasteiger partial charge in [-0.2, -0.15) is 0 Å². The van der Waals surface area contributed by atoms with Crippen molar-refractivity contribution in [3.63, 3.8) is 0 Å². The molecule has 0 saturated carbocycles. The second-order valence-corrected chi connectivity index (χ2v) is 8.42. The molecule has 1 aliphatic heterocycles. The summed E-state index contributed by atoms with van der Waals surface area (Å²) in [6.45, 7) is 3.79. The Hall–Kier alpha value is -3.77. The highest BCUT2D eigenvalue weighted by Gasteiger charge is 2.30. The van der Waals surface area contributed by atoms with Crippen LogP contribution in [0, 0.1) is 0 Å². The number of ether oxygens (including phenoxy) is 1. The maximum Gasteiger partial charge on any atom is 0.338 e. The molecule has 0 bridgehead atoms. The first-order chi connectivity index (χ1) is 16.1. The van der Waals surface area contributed by atoms with Crippen LogP contribution >= 0.6 is 11.3 Å². The van der Waals surface area contributed by atoms with Gasteiger partial charge in [0.05, 0.1) is 28.5 Å². The lowest BCUT2D eigenvalue weighted by molar-refractivity contribution is -0.139. The van der Waals surface area contributed by atoms with Crippen molar-refractivity contribution in [2.75, 3.05) is 6.61 Å². The number of hydrogen-bond acceptors (Lipinski definition) is 5. The van der Waals surface area contributed by atoms with Crippen LogP contribution in [0.5, 0.6) is 0 Å². The van der Waals surface area contributed by atoms with Gasteiger partial charge >= 0.3 is 5.97 Å². The average molecular weight is 457 g/mol. The van der Waals surface area contributed by atoms with Crippen LogP contribution in [0.1, 0.15) is 31.0 Å². The molecule has 5 nitrogen and oxygen atoms in total. The quantitative estimate of drug-likeness (QED) is 0.524. The molecule has 0 spiro atoms. The van der Waals surface area contributed by atoms with Crippen LogP contribution in [0.25, 0.3) is 18.2 Å². The molecule has 33 heavy (non-hydrogen) atoms. The molecule has 0 radical (unpaired) electrons. The Balaban J connectivity index is 1.79. The van der Waals surface area contributed by atoms with Crippen molar-refractivity contribution in [2.45, 2.75) is 19.9 Å². The van der Waals surface area contributed by atoms with Crippen LogP contribution < -0.4 is 14.9 Å². The normalized spacial score (nSPS) is 16.3. The lowest BCUT2D eigenvalue weighted by Gasteiger charge is -2.21. The van der Waals surface area contributed by atoms with Gasteiger partial charge in [0.1, 0.15) is 0 Å². The molecule has 0 aliphatic carbocycles. The van der Waals surface area contributed by atoms with Gasteiger partial charge in [0.2, 0.25) is 0 Å². The summed E-state index contributed by atoms with van der Waals surface area (Å²) in [4.78, 5) is 31.3. The highest BCUT2D eigenvalue weighted by Crippen LogP contribution is 2.26. The van der Waals surface area contributed by atoms with Crippen molar-refractivity contribution < 1.29 is 9.53 Å². The first-order valence-electron chi connectivity index (χ1n) is 10.7. The fraction of sp³-hybridized carbons (Fsp3) is 0.148. The third kappa shape index (κ3) is 5.02. The van der Waals surface area contributed by atoms with Crippen molar-refractivity contribution in [3.8, 4) is 0 Å². The SMILES string of the molecule is CCOC(=O)C1=C(C)N=c2s/c(=C/C=C/c3ccccc3)c(=O)n2[C@H]1/C=C/c1ccccc1. The van der Waals surface area contributed by atoms with E-state index >= 15 is 0 Å². The summed E-state index contributed by atoms with van der Waals surface area (Å²) in [5, 5.41) is 0. The number of esters is 1. The lowest BCUT2D eigenvalue weighted by Crippen LogP contribution is -2.38. The maximum atomic E-state index is 13.4. The molecule has 2 heterocycles. The molecule has 0 fully saturated rings. The molecular formula is C27H24N2O3S. The smallest absolute Gasteiger partial charge is 0.338 e. The highest BCUT2D eigenvalue weighted by molar-refractivity contribution is 7.07. The zero-order valence-electron chi connectivity index (χ0n) is 18.5. The van der Waals surface area contributed by atoms with E-state index in [1.165, 1.54) is 11.3 Å². The molecule has 4 rings (SSSR count). The Morgan fingerprint density at radius 1 is 1.06 bits per heavy atom. The second-order valence-electron chi connectivity index (χ2n) is 7.41. The number of hydrogen-bond donors (Lipinski definition) is 0. The predicted octanol–water partition coefficient (Wildman–Crippen LogP) is 4.13. The van der Waals surface area contributed by atoms with Gasteiger partial charge in [0, 0.05) is 0 Å². The monoisotopic (exact) mass is 456 g/mol. The summed E-state index contributed by atoms with van der Waals surface area (Å²) in [5.74, 6) is -0.459. The van der Waals surface area contributed by atoms with E-state index in [4.69, 9.17) is 4.74 Å². The van der Waals surface area contributed by atoms with Crippen LogP contribution in [0.2, 0.25) is 0 Å². The Labute approximate surface area is 196 Å². The molecule has 2 aromatic carbocycles. The summed E-state index contributed by atoms with van der Waals surface area (Å²) in [6, 6.07) is 19.0. The molecule has 1 aliphatic rings. The van der Waals surface area contributed by atoms with Gasteiger partial charge in [-0.3, -0.25) is 9.36 Å². The summed E-state index contributed by atoms with van der Waals surface area (Å²) < 4.78 is 7.42. The van der Waals surface area contributed by atoms with E-state index in [-0.39, 0.29) is 12.2 Å². The van der Waals surface area contributed by atoms with E-state index in [1.54, 1.807) is 24.5 Å². The number of aromatic nitrogens is 1. The van der Waals surface area contributed by atoms with Gasteiger partial charge in [-0.05, 0) is 31.1 Å². The van der Waals surface area contributed by atoms with Gasteiger partial charge in [-0.1, -0.05) is 96.3 Å². The maximum absolute atomic E-state index is 13.4. The number of carbonyl (C=O) groups excluding carboxylic acids is 1. The third-order valence-corrected chi connectivity index (χ3v) is 6.17. The fourth-order valence-electron chi connectivity index (χ4n) is 3.61. The highest BCUT2D eigenvalue weighted by atomic mass is 32.1. The molecule has 0 N–H and O–H groups in total. The van der Waals surface area contributed by atoms with Gasteiger partial charge in [0.15, 0.2) is 4.80 Å². The van der Waals surface area contributed by atoms with Crippen molar-refractivity contribution in [3.05, 3.63) is 115 Å². The minimum atomic E-state index is -0.597. The number of carbonyl (C=O) groups is 1. The molecule has 0 saturated heterocycles. The van der Waals surface area contributed by atoms with E-state index in [2.05, 4.69) is 4.99 Å². The van der Waals surface area contributed by atoms with Crippen molar-refractivity contribution in [2.24, 2.45) is 4.99 Å². The third-order valence-electron chi connectivity index (χ3n) is 5.17. The summed E-state index contributed by atoms with van der Waals surface area (Å²) >= 11 is 1.31. The first-order valence-corrected chi connectivity index (χ1v) is 11.5. The molecule has 1 atom stereocenters. The zero-order valence-corrected chi connectivity index (χ0v) is 19.3. The Morgan fingerprint density at radius 3 is 2.33 bits per heavy atom. The van der Waals surface area contributed by atoms with E-state index < -0.39 is 12.0 Å². The average Bonchev–Trinajstić information content (AvgIpc) is 3.13. The molecular weight excluding hydrogens is 432 g/mol. The number of benzene rings is 2. The van der Waals surface area contributed by atoms with E-state index in [0.717, 1.165) is 11.1 Å². The molecule has 0 unspecified atom stereocenters. The molecule has 3 aromatic rings. The summed E-state index contributed by atoms with van der Waals surface area (Å²) in [7, 11) is 0. The Morgan fingerprint density at radius 2 is 1.70 bits per heavy atom. The summed E-state index contributed by atoms with van der Waals surface area (Å²) in [6.07, 6.45) is 9.37. The molecule has 166 valence electrons. The van der Waals surface area contributed by atoms with Crippen LogP contribution in [0.15, 0.2) is 93.9 Å². The Kier molecular flexibility index (Phi) is 6.95. The Bertz CT molecular complexity index is 1410. The van der Waals surface area contributed by atoms with Gasteiger partial charge in [-0.25, -0.2) is 9.79 Å². The molecule has 0 amide bonds. The topological polar surface area (TPSA) is 60.7 Å². The number of rotatable bonds is 6. The predicted molar refractivity (Wildman–Crippen MR) is 133 cm³/mol. The van der Waals surface area contributed by atoms with Crippen LogP contribution in [-0.2, 0) is 9.53 Å². The fourth-order valence-corrected chi connectivity index (χ4v) is 4.61. The van der Waals surface area contributed by atoms with Gasteiger partial charge in [-0.15, -0.1) is 0 Å². The number of thiazole rings is 1. The van der Waals surface area contributed by atoms with Crippen LogP contribution in [0.3, 0.4) is 0 Å². The van der Waals surface area contributed by atoms with E-state index in [9.17, 15) is 9.59 Å². The second kappa shape index (κ2) is 10.2. The largest absolute Gasteiger partial charge is 0.463 e. The van der Waals surface area contributed by atoms with Gasteiger partial charge < -0.3 is 4.74 Å². The lowest BCUT2D eigenvalue weighted by atomic mass is 10.0. The van der Waals surface area contributed by atoms with E-state index in [1.807, 2.05) is 85.0 Å². The molecule has 1 aromatic heterocycles. The van der Waals surface area contributed by atoms with Crippen molar-refractivity contribution >= 4 is 35.5 Å². The standard InChI is InChI=1S/C27H24N2O3S/c1-3-32-26(31)24-19(2)28-27-29(22(24)18-17-21-13-8-5-9-14-21)25(30)23(33-27)16-10-15-20-11-6-4-7-12-20/h4-18,22H,3H2,1-2H3/b15-10+,18-17+,23-16+/t22-/m0/s1. The molecule has 6 heteroatoms. The van der Waals surface area contributed by atoms with Crippen molar-refractivity contribution in [1.82, 2.24) is 4.57 Å². The van der Waals surface area contributed by atoms with Crippen LogP contribution in [0.4, 0.5) is 0 Å². The summed E-state index contributed by atoms with van der Waals surface area (Å²) in [5.41, 5.74) is 2.77. The minimum absolute atomic E-state index is 0.187. The first kappa shape index (κ1) is 22.4. The van der Waals surface area contributed by atoms with Gasteiger partial charge in [0.25, 0.3) is 5.56 Å².